The average molecular weight is 327 g/mol. The average Bonchev–Trinajstić information content (AvgIpc) is 2.60. The number of nitrogens with one attached hydrogen (secondary N) is 1. The largest absolute Gasteiger partial charge is 0.494 e. The second-order valence-corrected chi connectivity index (χ2v) is 5.33. The summed E-state index contributed by atoms with van der Waals surface area (Å²) in [5.41, 5.74) is 0.925. The molecule has 0 heterocycles. The van der Waals surface area contributed by atoms with E-state index in [2.05, 4.69) is 5.32 Å². The molecule has 2 N–H and O–H groups in total. The van der Waals surface area contributed by atoms with Gasteiger partial charge in [-0.1, -0.05) is 36.4 Å². The number of rotatable bonds is 9. The highest BCUT2D eigenvalue weighted by molar-refractivity contribution is 5.89. The first-order valence-corrected chi connectivity index (χ1v) is 7.92. The third-order valence-corrected chi connectivity index (χ3v) is 3.52. The topological polar surface area (TPSA) is 75.6 Å². The van der Waals surface area contributed by atoms with E-state index in [0.717, 1.165) is 5.75 Å². The van der Waals surface area contributed by atoms with Crippen molar-refractivity contribution in [3.63, 3.8) is 0 Å². The van der Waals surface area contributed by atoms with Crippen LogP contribution in [0.15, 0.2) is 54.6 Å². The molecule has 0 atom stereocenters. The molecule has 5 heteroatoms. The van der Waals surface area contributed by atoms with Crippen molar-refractivity contribution in [3.8, 4) is 5.75 Å². The van der Waals surface area contributed by atoms with Crippen LogP contribution < -0.4 is 10.1 Å². The number of benzene rings is 2. The Morgan fingerprint density at radius 2 is 1.71 bits per heavy atom. The van der Waals surface area contributed by atoms with Crippen LogP contribution >= 0.6 is 0 Å². The number of carbonyl (C=O) groups excluding carboxylic acids is 1. The predicted molar refractivity (Wildman–Crippen MR) is 91.3 cm³/mol. The van der Waals surface area contributed by atoms with Crippen LogP contribution in [0, 0.1) is 0 Å². The van der Waals surface area contributed by atoms with Gasteiger partial charge in [0.05, 0.1) is 12.2 Å². The van der Waals surface area contributed by atoms with Gasteiger partial charge in [0.2, 0.25) is 5.91 Å². The number of ether oxygens (including phenoxy) is 1. The molecule has 0 radical (unpaired) electrons. The minimum Gasteiger partial charge on any atom is -0.494 e. The van der Waals surface area contributed by atoms with Crippen LogP contribution in [0.25, 0.3) is 0 Å². The molecule has 0 unspecified atom stereocenters. The number of carboxylic acid groups (broad SMARTS) is 1. The smallest absolute Gasteiger partial charge is 0.335 e. The molecule has 0 saturated heterocycles. The lowest BCUT2D eigenvalue weighted by molar-refractivity contribution is -0.121. The second-order valence-electron chi connectivity index (χ2n) is 5.33. The predicted octanol–water partition coefficient (Wildman–Crippen LogP) is 2.90. The molecule has 0 aliphatic carbocycles. The number of aryl methyl sites for hydroxylation is 1. The zero-order valence-corrected chi connectivity index (χ0v) is 13.4. The summed E-state index contributed by atoms with van der Waals surface area (Å²) >= 11 is 0. The van der Waals surface area contributed by atoms with E-state index < -0.39 is 5.97 Å². The maximum Gasteiger partial charge on any atom is 0.335 e. The molecule has 5 nitrogen and oxygen atoms in total. The number of hydrogen-bond donors (Lipinski definition) is 2. The molecule has 1 amide bonds. The van der Waals surface area contributed by atoms with E-state index in [-0.39, 0.29) is 17.9 Å². The molecule has 24 heavy (non-hydrogen) atoms. The summed E-state index contributed by atoms with van der Waals surface area (Å²) in [6.45, 7) is 1.07. The maximum absolute atomic E-state index is 11.8. The first-order valence-electron chi connectivity index (χ1n) is 7.92. The van der Waals surface area contributed by atoms with Crippen LogP contribution in [0.1, 0.15) is 28.8 Å². The highest BCUT2D eigenvalue weighted by Gasteiger charge is 2.10. The first-order chi connectivity index (χ1) is 11.7. The van der Waals surface area contributed by atoms with Crippen molar-refractivity contribution in [1.82, 2.24) is 5.32 Å². The lowest BCUT2D eigenvalue weighted by Crippen LogP contribution is -2.26. The van der Waals surface area contributed by atoms with E-state index >= 15 is 0 Å². The molecular formula is C19H21NO4. The molecular weight excluding hydrogens is 306 g/mol. The van der Waals surface area contributed by atoms with E-state index in [1.54, 1.807) is 24.3 Å². The Morgan fingerprint density at radius 1 is 1.00 bits per heavy atom. The van der Waals surface area contributed by atoms with Gasteiger partial charge < -0.3 is 15.2 Å². The molecule has 126 valence electrons. The highest BCUT2D eigenvalue weighted by Crippen LogP contribution is 2.11. The zero-order chi connectivity index (χ0) is 17.2. The minimum absolute atomic E-state index is 0.0881. The van der Waals surface area contributed by atoms with E-state index in [4.69, 9.17) is 9.84 Å². The fourth-order valence-electron chi connectivity index (χ4n) is 2.29. The lowest BCUT2D eigenvalue weighted by atomic mass is 10.0. The summed E-state index contributed by atoms with van der Waals surface area (Å²) in [6, 6.07) is 16.3. The van der Waals surface area contributed by atoms with E-state index in [1.807, 2.05) is 30.3 Å². The van der Waals surface area contributed by atoms with Gasteiger partial charge in [0, 0.05) is 13.0 Å². The van der Waals surface area contributed by atoms with Crippen LogP contribution in [0.2, 0.25) is 0 Å². The summed E-state index contributed by atoms with van der Waals surface area (Å²) in [4.78, 5) is 22.9. The Hall–Kier alpha value is -2.82. The van der Waals surface area contributed by atoms with Crippen LogP contribution in [0.3, 0.4) is 0 Å². The van der Waals surface area contributed by atoms with Crippen LogP contribution in [0.4, 0.5) is 0 Å². The van der Waals surface area contributed by atoms with Gasteiger partial charge in [0.15, 0.2) is 0 Å². The number of hydrogen-bond acceptors (Lipinski definition) is 3. The van der Waals surface area contributed by atoms with Crippen molar-refractivity contribution in [2.75, 3.05) is 13.2 Å². The van der Waals surface area contributed by atoms with Gasteiger partial charge in [-0.15, -0.1) is 0 Å². The third-order valence-electron chi connectivity index (χ3n) is 3.52. The SMILES string of the molecule is O=C(CCc1ccccc1C(=O)O)NCCCOc1ccccc1. The molecule has 0 spiro atoms. The fourth-order valence-corrected chi connectivity index (χ4v) is 2.29. The van der Waals surface area contributed by atoms with Crippen molar-refractivity contribution in [2.24, 2.45) is 0 Å². The van der Waals surface area contributed by atoms with Crippen molar-refractivity contribution < 1.29 is 19.4 Å². The quantitative estimate of drug-likeness (QED) is 0.694. The summed E-state index contributed by atoms with van der Waals surface area (Å²) in [5, 5.41) is 11.9. The minimum atomic E-state index is -0.968. The van der Waals surface area contributed by atoms with Crippen molar-refractivity contribution in [1.29, 1.82) is 0 Å². The summed E-state index contributed by atoms with van der Waals surface area (Å²) in [7, 11) is 0. The van der Waals surface area contributed by atoms with Gasteiger partial charge in [-0.05, 0) is 36.6 Å². The van der Waals surface area contributed by atoms with Crippen LogP contribution in [-0.2, 0) is 11.2 Å². The van der Waals surface area contributed by atoms with Crippen LogP contribution in [0.5, 0.6) is 5.75 Å². The van der Waals surface area contributed by atoms with E-state index in [0.29, 0.717) is 31.6 Å². The number of aromatic carboxylic acids is 1. The molecule has 0 fully saturated rings. The Labute approximate surface area is 141 Å². The maximum atomic E-state index is 11.8. The van der Waals surface area contributed by atoms with Gasteiger partial charge >= 0.3 is 5.97 Å². The lowest BCUT2D eigenvalue weighted by Gasteiger charge is -2.08. The van der Waals surface area contributed by atoms with Gasteiger partial charge in [-0.3, -0.25) is 4.79 Å². The molecule has 2 aromatic rings. The highest BCUT2D eigenvalue weighted by atomic mass is 16.5. The van der Waals surface area contributed by atoms with Crippen LogP contribution in [-0.4, -0.2) is 30.1 Å². The third kappa shape index (κ3) is 5.76. The van der Waals surface area contributed by atoms with Crippen molar-refractivity contribution in [2.45, 2.75) is 19.3 Å². The number of carboxylic acids is 1. The number of para-hydroxylation sites is 1. The Morgan fingerprint density at radius 3 is 2.46 bits per heavy atom. The van der Waals surface area contributed by atoms with Crippen molar-refractivity contribution in [3.05, 3.63) is 65.7 Å². The molecule has 0 saturated carbocycles. The monoisotopic (exact) mass is 327 g/mol. The van der Waals surface area contributed by atoms with Gasteiger partial charge in [0.1, 0.15) is 5.75 Å². The fraction of sp³-hybridized carbons (Fsp3) is 0.263. The standard InChI is InChI=1S/C19H21NO4/c21-18(12-11-15-7-4-5-10-17(15)19(22)23)20-13-6-14-24-16-8-2-1-3-9-16/h1-5,7-10H,6,11-14H2,(H,20,21)(H,22,23). The molecule has 0 bridgehead atoms. The van der Waals surface area contributed by atoms with E-state index in [9.17, 15) is 9.59 Å². The van der Waals surface area contributed by atoms with Gasteiger partial charge in [0.25, 0.3) is 0 Å². The number of amides is 1. The molecule has 0 aliphatic heterocycles. The normalized spacial score (nSPS) is 10.2. The first kappa shape index (κ1) is 17.5. The molecule has 2 rings (SSSR count). The molecule has 2 aromatic carbocycles. The summed E-state index contributed by atoms with van der Waals surface area (Å²) in [5.74, 6) is -0.243. The van der Waals surface area contributed by atoms with Crippen molar-refractivity contribution >= 4 is 11.9 Å². The Bertz CT molecular complexity index is 670. The summed E-state index contributed by atoms with van der Waals surface area (Å²) < 4.78 is 5.54. The molecule has 0 aliphatic rings. The number of carbonyl (C=O) groups is 2. The summed E-state index contributed by atoms with van der Waals surface area (Å²) in [6.07, 6.45) is 1.39. The Balaban J connectivity index is 1.64. The van der Waals surface area contributed by atoms with E-state index in [1.165, 1.54) is 0 Å². The second kappa shape index (κ2) is 9.35. The zero-order valence-electron chi connectivity index (χ0n) is 13.4. The van der Waals surface area contributed by atoms with Gasteiger partial charge in [-0.2, -0.15) is 0 Å². The van der Waals surface area contributed by atoms with Gasteiger partial charge in [-0.25, -0.2) is 4.79 Å². The molecule has 0 aromatic heterocycles. The Kier molecular flexibility index (Phi) is 6.83.